The van der Waals surface area contributed by atoms with Gasteiger partial charge in [0.1, 0.15) is 6.54 Å². The summed E-state index contributed by atoms with van der Waals surface area (Å²) in [5.41, 5.74) is -0.305. The van der Waals surface area contributed by atoms with Gasteiger partial charge in [0, 0.05) is 18.2 Å². The third kappa shape index (κ3) is 4.31. The summed E-state index contributed by atoms with van der Waals surface area (Å²) in [4.78, 5) is 21.8. The first-order valence-electron chi connectivity index (χ1n) is 7.80. The lowest BCUT2D eigenvalue weighted by atomic mass is 10.2. The largest absolute Gasteiger partial charge is 0.493 e. The standard InChI is InChI=1S/C17H18N2O8S/c1-25-15-8-7-12(10-16(15)26-2)18(11-17(20)27-3)28(23,24)14-6-4-5-13(9-14)19(21)22/h4-10H,11H2,1-3H3. The predicted octanol–water partition coefficient (Wildman–Crippen LogP) is 1.98. The highest BCUT2D eigenvalue weighted by Crippen LogP contribution is 2.34. The molecule has 0 spiro atoms. The lowest BCUT2D eigenvalue weighted by Crippen LogP contribution is -2.36. The van der Waals surface area contributed by atoms with E-state index >= 15 is 0 Å². The van der Waals surface area contributed by atoms with Crippen molar-refractivity contribution in [3.8, 4) is 11.5 Å². The minimum absolute atomic E-state index is 0.0922. The number of hydrogen-bond donors (Lipinski definition) is 0. The topological polar surface area (TPSA) is 125 Å². The van der Waals surface area contributed by atoms with Crippen molar-refractivity contribution in [3.63, 3.8) is 0 Å². The van der Waals surface area contributed by atoms with Gasteiger partial charge in [0.05, 0.1) is 36.8 Å². The number of nitrogens with zero attached hydrogens (tertiary/aromatic N) is 2. The molecule has 0 aliphatic carbocycles. The first kappa shape index (κ1) is 21.0. The maximum absolute atomic E-state index is 13.1. The van der Waals surface area contributed by atoms with Gasteiger partial charge in [0.15, 0.2) is 11.5 Å². The van der Waals surface area contributed by atoms with Crippen LogP contribution in [0.3, 0.4) is 0 Å². The molecule has 0 saturated carbocycles. The predicted molar refractivity (Wildman–Crippen MR) is 99.2 cm³/mol. The Bertz CT molecular complexity index is 990. The van der Waals surface area contributed by atoms with E-state index in [4.69, 9.17) is 9.47 Å². The first-order chi connectivity index (χ1) is 13.2. The van der Waals surface area contributed by atoms with Crippen LogP contribution in [0.1, 0.15) is 0 Å². The molecule has 11 heteroatoms. The van der Waals surface area contributed by atoms with Gasteiger partial charge in [-0.1, -0.05) is 6.07 Å². The third-order valence-corrected chi connectivity index (χ3v) is 5.54. The second-order valence-corrected chi connectivity index (χ2v) is 7.24. The Hall–Kier alpha value is -3.34. The van der Waals surface area contributed by atoms with Crippen molar-refractivity contribution in [1.29, 1.82) is 0 Å². The van der Waals surface area contributed by atoms with Crippen molar-refractivity contribution in [2.24, 2.45) is 0 Å². The fraction of sp³-hybridized carbons (Fsp3) is 0.235. The molecule has 0 saturated heterocycles. The Morgan fingerprint density at radius 3 is 2.32 bits per heavy atom. The van der Waals surface area contributed by atoms with Gasteiger partial charge in [0.2, 0.25) is 0 Å². The molecule has 0 radical (unpaired) electrons. The van der Waals surface area contributed by atoms with Crippen LogP contribution in [0.4, 0.5) is 11.4 Å². The number of nitro groups is 1. The highest BCUT2D eigenvalue weighted by molar-refractivity contribution is 7.92. The molecular formula is C17H18N2O8S. The van der Waals surface area contributed by atoms with Gasteiger partial charge in [-0.15, -0.1) is 0 Å². The molecule has 0 aliphatic heterocycles. The molecule has 0 aromatic heterocycles. The van der Waals surface area contributed by atoms with E-state index in [0.29, 0.717) is 5.75 Å². The van der Waals surface area contributed by atoms with E-state index in [9.17, 15) is 23.3 Å². The number of carbonyl (C=O) groups excluding carboxylic acids is 1. The van der Waals surface area contributed by atoms with Crippen LogP contribution in [-0.2, 0) is 19.6 Å². The minimum Gasteiger partial charge on any atom is -0.493 e. The summed E-state index contributed by atoms with van der Waals surface area (Å²) in [5.74, 6) is -0.218. The molecule has 2 aromatic rings. The molecule has 0 amide bonds. The number of anilines is 1. The van der Waals surface area contributed by atoms with Crippen LogP contribution >= 0.6 is 0 Å². The smallest absolute Gasteiger partial charge is 0.326 e. The van der Waals surface area contributed by atoms with Gasteiger partial charge >= 0.3 is 5.97 Å². The van der Waals surface area contributed by atoms with Gasteiger partial charge < -0.3 is 14.2 Å². The van der Waals surface area contributed by atoms with E-state index < -0.39 is 33.1 Å². The number of benzene rings is 2. The number of non-ortho nitro benzene ring substituents is 1. The van der Waals surface area contributed by atoms with Gasteiger partial charge in [-0.2, -0.15) is 0 Å². The third-order valence-electron chi connectivity index (χ3n) is 3.77. The van der Waals surface area contributed by atoms with Crippen molar-refractivity contribution >= 4 is 27.4 Å². The summed E-state index contributed by atoms with van der Waals surface area (Å²) in [6.07, 6.45) is 0. The normalized spacial score (nSPS) is 10.8. The monoisotopic (exact) mass is 410 g/mol. The minimum atomic E-state index is -4.33. The van der Waals surface area contributed by atoms with E-state index in [0.717, 1.165) is 17.5 Å². The van der Waals surface area contributed by atoms with Gasteiger partial charge in [-0.05, 0) is 18.2 Å². The summed E-state index contributed by atoms with van der Waals surface area (Å²) in [5, 5.41) is 11.0. The lowest BCUT2D eigenvalue weighted by molar-refractivity contribution is -0.385. The second-order valence-electron chi connectivity index (χ2n) is 5.38. The van der Waals surface area contributed by atoms with Crippen LogP contribution in [-0.4, -0.2) is 47.2 Å². The quantitative estimate of drug-likeness (QED) is 0.367. The number of nitro benzene ring substituents is 1. The fourth-order valence-electron chi connectivity index (χ4n) is 2.36. The van der Waals surface area contributed by atoms with E-state index in [-0.39, 0.29) is 16.3 Å². The van der Waals surface area contributed by atoms with Crippen molar-refractivity contribution in [2.75, 3.05) is 32.2 Å². The molecule has 0 N–H and O–H groups in total. The van der Waals surface area contributed by atoms with E-state index in [2.05, 4.69) is 4.74 Å². The molecule has 2 aromatic carbocycles. The Morgan fingerprint density at radius 2 is 1.75 bits per heavy atom. The zero-order valence-electron chi connectivity index (χ0n) is 15.3. The highest BCUT2D eigenvalue weighted by atomic mass is 32.2. The summed E-state index contributed by atoms with van der Waals surface area (Å²) in [6, 6.07) is 8.79. The van der Waals surface area contributed by atoms with Gasteiger partial charge in [0.25, 0.3) is 15.7 Å². The van der Waals surface area contributed by atoms with E-state index in [1.54, 1.807) is 0 Å². The lowest BCUT2D eigenvalue weighted by Gasteiger charge is -2.24. The van der Waals surface area contributed by atoms with Crippen LogP contribution in [0.15, 0.2) is 47.4 Å². The second kappa shape index (κ2) is 8.57. The van der Waals surface area contributed by atoms with Crippen LogP contribution in [0, 0.1) is 10.1 Å². The first-order valence-corrected chi connectivity index (χ1v) is 9.24. The number of ether oxygens (including phenoxy) is 3. The van der Waals surface area contributed by atoms with Crippen LogP contribution in [0.25, 0.3) is 0 Å². The number of rotatable bonds is 8. The van der Waals surface area contributed by atoms with Crippen LogP contribution < -0.4 is 13.8 Å². The number of hydrogen-bond acceptors (Lipinski definition) is 8. The zero-order valence-corrected chi connectivity index (χ0v) is 16.1. The molecule has 150 valence electrons. The highest BCUT2D eigenvalue weighted by Gasteiger charge is 2.29. The molecule has 0 heterocycles. The molecule has 0 atom stereocenters. The fourth-order valence-corrected chi connectivity index (χ4v) is 3.80. The zero-order chi connectivity index (χ0) is 20.9. The molecule has 0 aliphatic rings. The van der Waals surface area contributed by atoms with Crippen molar-refractivity contribution in [2.45, 2.75) is 4.90 Å². The average Bonchev–Trinajstić information content (AvgIpc) is 2.71. The number of carbonyl (C=O) groups is 1. The average molecular weight is 410 g/mol. The molecule has 2 rings (SSSR count). The number of esters is 1. The Kier molecular flexibility index (Phi) is 6.41. The molecular weight excluding hydrogens is 392 g/mol. The van der Waals surface area contributed by atoms with Crippen molar-refractivity contribution in [1.82, 2.24) is 0 Å². The van der Waals surface area contributed by atoms with Gasteiger partial charge in [-0.3, -0.25) is 19.2 Å². The molecule has 0 fully saturated rings. The van der Waals surface area contributed by atoms with Crippen molar-refractivity contribution < 1.29 is 32.3 Å². The van der Waals surface area contributed by atoms with Gasteiger partial charge in [-0.25, -0.2) is 8.42 Å². The number of sulfonamides is 1. The van der Waals surface area contributed by atoms with Crippen LogP contribution in [0.5, 0.6) is 11.5 Å². The van der Waals surface area contributed by atoms with E-state index in [1.807, 2.05) is 0 Å². The Balaban J connectivity index is 2.61. The SMILES string of the molecule is COC(=O)CN(c1ccc(OC)c(OC)c1)S(=O)(=O)c1cccc([N+](=O)[O-])c1. The molecule has 10 nitrogen and oxygen atoms in total. The Morgan fingerprint density at radius 1 is 1.07 bits per heavy atom. The molecule has 0 unspecified atom stereocenters. The maximum Gasteiger partial charge on any atom is 0.326 e. The number of methoxy groups -OCH3 is 3. The molecule has 0 bridgehead atoms. The Labute approximate surface area is 161 Å². The summed E-state index contributed by atoms with van der Waals surface area (Å²) in [6.45, 7) is -0.642. The maximum atomic E-state index is 13.1. The molecule has 28 heavy (non-hydrogen) atoms. The summed E-state index contributed by atoms with van der Waals surface area (Å²) in [7, 11) is -0.411. The van der Waals surface area contributed by atoms with Crippen LogP contribution in [0.2, 0.25) is 0 Å². The summed E-state index contributed by atoms with van der Waals surface area (Å²) < 4.78 is 41.9. The van der Waals surface area contributed by atoms with E-state index in [1.165, 1.54) is 50.6 Å². The summed E-state index contributed by atoms with van der Waals surface area (Å²) >= 11 is 0. The van der Waals surface area contributed by atoms with Crippen molar-refractivity contribution in [3.05, 3.63) is 52.6 Å².